The van der Waals surface area contributed by atoms with Gasteiger partial charge in [0.25, 0.3) is 0 Å². The molecule has 0 saturated heterocycles. The van der Waals surface area contributed by atoms with Crippen molar-refractivity contribution in [3.05, 3.63) is 59.2 Å². The molecule has 0 aliphatic carbocycles. The number of carbonyl (C=O) groups is 2. The summed E-state index contributed by atoms with van der Waals surface area (Å²) >= 11 is 0. The fraction of sp³-hybridized carbons (Fsp3) is 0.300. The van der Waals surface area contributed by atoms with E-state index in [0.717, 1.165) is 6.07 Å². The third-order valence-corrected chi connectivity index (χ3v) is 4.04. The molecule has 0 unspecified atom stereocenters. The number of halogens is 4. The van der Waals surface area contributed by atoms with Crippen molar-refractivity contribution in [3.63, 3.8) is 0 Å². The first-order valence-corrected chi connectivity index (χ1v) is 8.93. The van der Waals surface area contributed by atoms with Gasteiger partial charge in [-0.05, 0) is 49.7 Å². The Morgan fingerprint density at radius 3 is 2.17 bits per heavy atom. The standard InChI is InChI=1S/C20H21F4N3O2/c1-3-8-27(10-17(28)25-13-5-4-12(2)15(22)9-13)11-18(29)26-16-7-6-14(21)19(23)20(16)24/h4-7,9H,3,8,10-11H2,1-2H3,(H,25,28)(H,26,29). The van der Waals surface area contributed by atoms with Crippen LogP contribution in [0.25, 0.3) is 0 Å². The Hall–Kier alpha value is -2.94. The molecule has 0 aliphatic rings. The van der Waals surface area contributed by atoms with Crippen molar-refractivity contribution >= 4 is 23.2 Å². The molecule has 0 aromatic heterocycles. The summed E-state index contributed by atoms with van der Waals surface area (Å²) in [7, 11) is 0. The van der Waals surface area contributed by atoms with Crippen molar-refractivity contribution in [1.29, 1.82) is 0 Å². The first-order chi connectivity index (χ1) is 13.7. The predicted molar refractivity (Wildman–Crippen MR) is 101 cm³/mol. The van der Waals surface area contributed by atoms with Crippen LogP contribution in [0.1, 0.15) is 18.9 Å². The lowest BCUT2D eigenvalue weighted by atomic mass is 10.2. The minimum Gasteiger partial charge on any atom is -0.325 e. The number of benzene rings is 2. The first-order valence-electron chi connectivity index (χ1n) is 8.93. The normalized spacial score (nSPS) is 10.9. The van der Waals surface area contributed by atoms with Crippen LogP contribution in [0.15, 0.2) is 30.3 Å². The molecule has 2 rings (SSSR count). The van der Waals surface area contributed by atoms with Gasteiger partial charge in [-0.15, -0.1) is 0 Å². The van der Waals surface area contributed by atoms with Gasteiger partial charge in [-0.2, -0.15) is 0 Å². The van der Waals surface area contributed by atoms with E-state index in [1.165, 1.54) is 17.0 Å². The van der Waals surface area contributed by atoms with Crippen LogP contribution in [0.5, 0.6) is 0 Å². The maximum atomic E-state index is 13.7. The molecule has 5 nitrogen and oxygen atoms in total. The Bertz CT molecular complexity index is 906. The number of hydrogen-bond donors (Lipinski definition) is 2. The van der Waals surface area contributed by atoms with Gasteiger partial charge in [0.05, 0.1) is 18.8 Å². The second-order valence-electron chi connectivity index (χ2n) is 6.49. The molecular formula is C20H21F4N3O2. The van der Waals surface area contributed by atoms with Gasteiger partial charge in [0, 0.05) is 5.69 Å². The predicted octanol–water partition coefficient (Wildman–Crippen LogP) is 3.84. The maximum absolute atomic E-state index is 13.7. The van der Waals surface area contributed by atoms with Gasteiger partial charge in [0.2, 0.25) is 11.8 Å². The summed E-state index contributed by atoms with van der Waals surface area (Å²) in [6.45, 7) is 3.37. The second kappa shape index (κ2) is 10.0. The molecule has 0 heterocycles. The average molecular weight is 411 g/mol. The van der Waals surface area contributed by atoms with Gasteiger partial charge >= 0.3 is 0 Å². The Morgan fingerprint density at radius 1 is 0.897 bits per heavy atom. The van der Waals surface area contributed by atoms with Gasteiger partial charge in [-0.1, -0.05) is 13.0 Å². The van der Waals surface area contributed by atoms with Crippen molar-refractivity contribution in [2.45, 2.75) is 20.3 Å². The molecule has 0 spiro atoms. The van der Waals surface area contributed by atoms with Crippen LogP contribution in [0, 0.1) is 30.2 Å². The SMILES string of the molecule is CCCN(CC(=O)Nc1ccc(C)c(F)c1)CC(=O)Nc1ccc(F)c(F)c1F. The molecular weight excluding hydrogens is 390 g/mol. The van der Waals surface area contributed by atoms with E-state index in [2.05, 4.69) is 10.6 Å². The lowest BCUT2D eigenvalue weighted by molar-refractivity contribution is -0.120. The van der Waals surface area contributed by atoms with Crippen LogP contribution < -0.4 is 10.6 Å². The number of amides is 2. The highest BCUT2D eigenvalue weighted by molar-refractivity contribution is 5.94. The van der Waals surface area contributed by atoms with E-state index in [1.54, 1.807) is 13.0 Å². The lowest BCUT2D eigenvalue weighted by Gasteiger charge is -2.20. The molecule has 0 fully saturated rings. The van der Waals surface area contributed by atoms with Gasteiger partial charge < -0.3 is 10.6 Å². The monoisotopic (exact) mass is 411 g/mol. The lowest BCUT2D eigenvalue weighted by Crippen LogP contribution is -2.39. The van der Waals surface area contributed by atoms with E-state index < -0.39 is 40.8 Å². The summed E-state index contributed by atoms with van der Waals surface area (Å²) in [5.41, 5.74) is 0.226. The molecule has 9 heteroatoms. The second-order valence-corrected chi connectivity index (χ2v) is 6.49. The fourth-order valence-corrected chi connectivity index (χ4v) is 2.62. The summed E-state index contributed by atoms with van der Waals surface area (Å²) in [4.78, 5) is 25.9. The molecule has 2 aromatic rings. The zero-order valence-electron chi connectivity index (χ0n) is 16.0. The van der Waals surface area contributed by atoms with Crippen molar-refractivity contribution in [1.82, 2.24) is 4.90 Å². The van der Waals surface area contributed by atoms with Crippen molar-refractivity contribution in [2.75, 3.05) is 30.3 Å². The summed E-state index contributed by atoms with van der Waals surface area (Å²) < 4.78 is 53.5. The number of nitrogens with zero attached hydrogens (tertiary/aromatic N) is 1. The number of carbonyl (C=O) groups excluding carboxylic acids is 2. The van der Waals surface area contributed by atoms with E-state index in [0.29, 0.717) is 24.6 Å². The first kappa shape index (κ1) is 22.4. The molecule has 0 radical (unpaired) electrons. The smallest absolute Gasteiger partial charge is 0.238 e. The van der Waals surface area contributed by atoms with E-state index >= 15 is 0 Å². The highest BCUT2D eigenvalue weighted by atomic mass is 19.2. The van der Waals surface area contributed by atoms with E-state index in [1.807, 2.05) is 6.92 Å². The van der Waals surface area contributed by atoms with Gasteiger partial charge in [-0.25, -0.2) is 17.6 Å². The third kappa shape index (κ3) is 6.28. The number of aryl methyl sites for hydroxylation is 1. The van der Waals surface area contributed by atoms with Gasteiger partial charge in [-0.3, -0.25) is 14.5 Å². The molecule has 29 heavy (non-hydrogen) atoms. The summed E-state index contributed by atoms with van der Waals surface area (Å²) in [6, 6.07) is 5.88. The Balaban J connectivity index is 1.98. The molecule has 2 N–H and O–H groups in total. The number of hydrogen-bond acceptors (Lipinski definition) is 3. The summed E-state index contributed by atoms with van der Waals surface area (Å²) in [5, 5.41) is 4.70. The third-order valence-electron chi connectivity index (χ3n) is 4.04. The highest BCUT2D eigenvalue weighted by Crippen LogP contribution is 2.19. The van der Waals surface area contributed by atoms with E-state index in [4.69, 9.17) is 0 Å². The average Bonchev–Trinajstić information content (AvgIpc) is 2.65. The minimum absolute atomic E-state index is 0.170. The zero-order valence-corrected chi connectivity index (χ0v) is 16.0. The Morgan fingerprint density at radius 2 is 1.55 bits per heavy atom. The van der Waals surface area contributed by atoms with Crippen molar-refractivity contribution in [2.24, 2.45) is 0 Å². The summed E-state index contributed by atoms with van der Waals surface area (Å²) in [5.74, 6) is -6.16. The molecule has 156 valence electrons. The molecule has 0 aliphatic heterocycles. The molecule has 0 bridgehead atoms. The van der Waals surface area contributed by atoms with Crippen LogP contribution in [0.2, 0.25) is 0 Å². The van der Waals surface area contributed by atoms with Gasteiger partial charge in [0.1, 0.15) is 5.82 Å². The van der Waals surface area contributed by atoms with Crippen LogP contribution in [0.4, 0.5) is 28.9 Å². The topological polar surface area (TPSA) is 61.4 Å². The maximum Gasteiger partial charge on any atom is 0.238 e. The molecule has 2 aromatic carbocycles. The van der Waals surface area contributed by atoms with E-state index in [9.17, 15) is 27.2 Å². The van der Waals surface area contributed by atoms with Crippen LogP contribution in [-0.2, 0) is 9.59 Å². The van der Waals surface area contributed by atoms with Crippen LogP contribution in [0.3, 0.4) is 0 Å². The fourth-order valence-electron chi connectivity index (χ4n) is 2.62. The quantitative estimate of drug-likeness (QED) is 0.513. The minimum atomic E-state index is -1.68. The van der Waals surface area contributed by atoms with E-state index in [-0.39, 0.29) is 18.8 Å². The molecule has 0 atom stereocenters. The number of nitrogens with one attached hydrogen (secondary N) is 2. The largest absolute Gasteiger partial charge is 0.325 e. The Kier molecular flexibility index (Phi) is 7.72. The number of rotatable bonds is 8. The Labute approximate surface area is 165 Å². The van der Waals surface area contributed by atoms with Crippen LogP contribution >= 0.6 is 0 Å². The molecule has 0 saturated carbocycles. The number of anilines is 2. The summed E-state index contributed by atoms with van der Waals surface area (Å²) in [6.07, 6.45) is 0.624. The van der Waals surface area contributed by atoms with Crippen LogP contribution in [-0.4, -0.2) is 36.3 Å². The van der Waals surface area contributed by atoms with Gasteiger partial charge in [0.15, 0.2) is 17.5 Å². The van der Waals surface area contributed by atoms with Crippen molar-refractivity contribution in [3.8, 4) is 0 Å². The highest BCUT2D eigenvalue weighted by Gasteiger charge is 2.18. The zero-order chi connectivity index (χ0) is 21.6. The van der Waals surface area contributed by atoms with Crippen molar-refractivity contribution < 1.29 is 27.2 Å². The molecule has 2 amide bonds.